The Bertz CT molecular complexity index is 512. The summed E-state index contributed by atoms with van der Waals surface area (Å²) in [7, 11) is -3.38. The van der Waals surface area contributed by atoms with Crippen LogP contribution in [0.1, 0.15) is 33.1 Å². The van der Waals surface area contributed by atoms with E-state index < -0.39 is 10.0 Å². The fourth-order valence-corrected chi connectivity index (χ4v) is 6.30. The summed E-state index contributed by atoms with van der Waals surface area (Å²) in [6.07, 6.45) is 3.13. The van der Waals surface area contributed by atoms with E-state index in [1.54, 1.807) is 11.4 Å². The van der Waals surface area contributed by atoms with E-state index >= 15 is 0 Å². The molecule has 102 valence electrons. The van der Waals surface area contributed by atoms with Gasteiger partial charge < -0.3 is 0 Å². The zero-order chi connectivity index (χ0) is 13.3. The largest absolute Gasteiger partial charge is 0.251 e. The zero-order valence-corrected chi connectivity index (χ0v) is 13.7. The zero-order valence-electron chi connectivity index (χ0n) is 10.5. The molecule has 1 heterocycles. The number of halogens is 1. The van der Waals surface area contributed by atoms with Crippen molar-refractivity contribution in [3.05, 3.63) is 15.9 Å². The minimum Gasteiger partial charge on any atom is -0.207 e. The molecular formula is C12H18BrNO2S2. The number of nitrogens with one attached hydrogen (secondary N) is 1. The van der Waals surface area contributed by atoms with Crippen molar-refractivity contribution in [2.24, 2.45) is 11.8 Å². The smallest absolute Gasteiger partial charge is 0.207 e. The number of sulfonamides is 1. The predicted octanol–water partition coefficient (Wildman–Crippen LogP) is 3.61. The van der Waals surface area contributed by atoms with Crippen LogP contribution >= 0.6 is 27.3 Å². The lowest BCUT2D eigenvalue weighted by molar-refractivity contribution is 0.249. The first-order valence-corrected chi connectivity index (χ1v) is 9.31. The molecule has 18 heavy (non-hydrogen) atoms. The number of thiophene rings is 1. The Morgan fingerprint density at radius 3 is 2.67 bits per heavy atom. The molecule has 1 fully saturated rings. The van der Waals surface area contributed by atoms with Crippen LogP contribution in [0, 0.1) is 11.8 Å². The third-order valence-electron chi connectivity index (χ3n) is 3.57. The highest BCUT2D eigenvalue weighted by Gasteiger charge is 2.30. The molecule has 1 aliphatic carbocycles. The molecule has 0 spiro atoms. The van der Waals surface area contributed by atoms with Gasteiger partial charge in [-0.2, -0.15) is 0 Å². The average Bonchev–Trinajstić information content (AvgIpc) is 2.69. The topological polar surface area (TPSA) is 46.2 Å². The van der Waals surface area contributed by atoms with Gasteiger partial charge in [0.05, 0.1) is 0 Å². The fraction of sp³-hybridized carbons (Fsp3) is 0.667. The van der Waals surface area contributed by atoms with Crippen LogP contribution in [-0.4, -0.2) is 14.5 Å². The van der Waals surface area contributed by atoms with Gasteiger partial charge in [-0.3, -0.25) is 0 Å². The molecule has 6 heteroatoms. The Kier molecular flexibility index (Phi) is 4.52. The second-order valence-electron chi connectivity index (χ2n) is 5.18. The molecule has 1 aromatic heterocycles. The van der Waals surface area contributed by atoms with Gasteiger partial charge in [0.15, 0.2) is 0 Å². The monoisotopic (exact) mass is 351 g/mol. The third kappa shape index (κ3) is 3.15. The summed E-state index contributed by atoms with van der Waals surface area (Å²) in [5.74, 6) is 1.11. The highest BCUT2D eigenvalue weighted by molar-refractivity contribution is 9.10. The van der Waals surface area contributed by atoms with Gasteiger partial charge in [0.25, 0.3) is 10.0 Å². The van der Waals surface area contributed by atoms with Gasteiger partial charge in [-0.15, -0.1) is 11.3 Å². The molecule has 0 bridgehead atoms. The highest BCUT2D eigenvalue weighted by Crippen LogP contribution is 2.32. The van der Waals surface area contributed by atoms with E-state index in [1.165, 1.54) is 11.3 Å². The fourth-order valence-electron chi connectivity index (χ4n) is 2.56. The van der Waals surface area contributed by atoms with E-state index in [4.69, 9.17) is 0 Å². The van der Waals surface area contributed by atoms with Crippen molar-refractivity contribution in [3.63, 3.8) is 0 Å². The van der Waals surface area contributed by atoms with Crippen LogP contribution < -0.4 is 4.72 Å². The van der Waals surface area contributed by atoms with E-state index in [-0.39, 0.29) is 6.04 Å². The van der Waals surface area contributed by atoms with Crippen molar-refractivity contribution in [1.82, 2.24) is 4.72 Å². The first kappa shape index (κ1) is 14.5. The third-order valence-corrected chi connectivity index (χ3v) is 7.73. The normalized spacial score (nSPS) is 29.4. The van der Waals surface area contributed by atoms with Crippen LogP contribution in [0.3, 0.4) is 0 Å². The van der Waals surface area contributed by atoms with Crippen molar-refractivity contribution >= 4 is 37.3 Å². The Hall–Kier alpha value is 0.0900. The van der Waals surface area contributed by atoms with Gasteiger partial charge in [0.1, 0.15) is 4.21 Å². The molecule has 1 aliphatic rings. The van der Waals surface area contributed by atoms with E-state index in [1.807, 2.05) is 0 Å². The summed E-state index contributed by atoms with van der Waals surface area (Å²) >= 11 is 4.53. The molecule has 2 rings (SSSR count). The molecule has 0 radical (unpaired) electrons. The van der Waals surface area contributed by atoms with Crippen molar-refractivity contribution in [2.75, 3.05) is 0 Å². The van der Waals surface area contributed by atoms with Crippen molar-refractivity contribution in [3.8, 4) is 0 Å². The number of rotatable bonds is 3. The quantitative estimate of drug-likeness (QED) is 0.903. The van der Waals surface area contributed by atoms with Crippen LogP contribution in [0.15, 0.2) is 20.1 Å². The van der Waals surface area contributed by atoms with Crippen molar-refractivity contribution < 1.29 is 8.42 Å². The van der Waals surface area contributed by atoms with Crippen LogP contribution in [-0.2, 0) is 10.0 Å². The minimum absolute atomic E-state index is 0.0696. The van der Waals surface area contributed by atoms with Crippen LogP contribution in [0.5, 0.6) is 0 Å². The standard InChI is InChI=1S/C12H18BrNO2S2/c1-8-3-4-11(9(2)7-8)14-18(15,16)12-10(13)5-6-17-12/h5-6,8-9,11,14H,3-4,7H2,1-2H3. The van der Waals surface area contributed by atoms with Crippen LogP contribution in [0.2, 0.25) is 0 Å². The summed E-state index contributed by atoms with van der Waals surface area (Å²) in [6, 6.07) is 1.84. The molecule has 1 N–H and O–H groups in total. The second-order valence-corrected chi connectivity index (χ2v) is 8.86. The summed E-state index contributed by atoms with van der Waals surface area (Å²) in [5, 5.41) is 1.78. The van der Waals surface area contributed by atoms with Crippen molar-refractivity contribution in [2.45, 2.75) is 43.4 Å². The Labute approximate surface area is 121 Å². The van der Waals surface area contributed by atoms with Gasteiger partial charge in [0, 0.05) is 10.5 Å². The molecule has 3 nitrogen and oxygen atoms in total. The highest BCUT2D eigenvalue weighted by atomic mass is 79.9. The van der Waals surface area contributed by atoms with E-state index in [9.17, 15) is 8.42 Å². The van der Waals surface area contributed by atoms with E-state index in [0.717, 1.165) is 19.3 Å². The molecule has 0 amide bonds. The number of hydrogen-bond acceptors (Lipinski definition) is 3. The second kappa shape index (κ2) is 5.61. The molecule has 0 aromatic carbocycles. The lowest BCUT2D eigenvalue weighted by atomic mass is 9.80. The maximum absolute atomic E-state index is 12.3. The Morgan fingerprint density at radius 2 is 2.11 bits per heavy atom. The van der Waals surface area contributed by atoms with Gasteiger partial charge >= 0.3 is 0 Å². The van der Waals surface area contributed by atoms with Gasteiger partial charge in [0.2, 0.25) is 0 Å². The molecule has 3 unspecified atom stereocenters. The lowest BCUT2D eigenvalue weighted by Crippen LogP contribution is -2.42. The number of hydrogen-bond donors (Lipinski definition) is 1. The van der Waals surface area contributed by atoms with Crippen molar-refractivity contribution in [1.29, 1.82) is 0 Å². The molecular weight excluding hydrogens is 334 g/mol. The molecule has 1 aromatic rings. The van der Waals surface area contributed by atoms with E-state index in [0.29, 0.717) is 20.5 Å². The summed E-state index contributed by atoms with van der Waals surface area (Å²) in [6.45, 7) is 4.36. The average molecular weight is 352 g/mol. The summed E-state index contributed by atoms with van der Waals surface area (Å²) in [4.78, 5) is 0. The van der Waals surface area contributed by atoms with Crippen LogP contribution in [0.25, 0.3) is 0 Å². The van der Waals surface area contributed by atoms with Crippen LogP contribution in [0.4, 0.5) is 0 Å². The predicted molar refractivity (Wildman–Crippen MR) is 78.3 cm³/mol. The molecule has 3 atom stereocenters. The summed E-state index contributed by atoms with van der Waals surface area (Å²) in [5.41, 5.74) is 0. The molecule has 1 saturated carbocycles. The van der Waals surface area contributed by atoms with Gasteiger partial charge in [-0.05, 0) is 58.5 Å². The maximum atomic E-state index is 12.3. The van der Waals surface area contributed by atoms with E-state index in [2.05, 4.69) is 34.5 Å². The minimum atomic E-state index is -3.38. The lowest BCUT2D eigenvalue weighted by Gasteiger charge is -2.32. The summed E-state index contributed by atoms with van der Waals surface area (Å²) < 4.78 is 28.5. The maximum Gasteiger partial charge on any atom is 0.251 e. The van der Waals surface area contributed by atoms with Gasteiger partial charge in [-0.1, -0.05) is 13.8 Å². The Balaban J connectivity index is 2.12. The Morgan fingerprint density at radius 1 is 1.39 bits per heavy atom. The SMILES string of the molecule is CC1CCC(NS(=O)(=O)c2sccc2Br)C(C)C1. The van der Waals surface area contributed by atoms with Gasteiger partial charge in [-0.25, -0.2) is 13.1 Å². The first-order chi connectivity index (χ1) is 8.40. The first-order valence-electron chi connectivity index (χ1n) is 6.15. The molecule has 0 saturated heterocycles. The molecule has 0 aliphatic heterocycles.